The summed E-state index contributed by atoms with van der Waals surface area (Å²) in [5, 5.41) is 32.8. The first-order valence-corrected chi connectivity index (χ1v) is 12.8. The number of carbonyl (C=O) groups is 1. The van der Waals surface area contributed by atoms with Crippen LogP contribution in [-0.2, 0) is 20.9 Å². The van der Waals surface area contributed by atoms with Gasteiger partial charge in [0, 0.05) is 37.2 Å². The van der Waals surface area contributed by atoms with Crippen molar-refractivity contribution < 1.29 is 29.6 Å². The third-order valence-electron chi connectivity index (χ3n) is 6.83. The van der Waals surface area contributed by atoms with Gasteiger partial charge in [-0.25, -0.2) is 0 Å². The number of aromatic hydroxyl groups is 1. The van der Waals surface area contributed by atoms with Gasteiger partial charge in [-0.05, 0) is 48.0 Å². The molecule has 3 aromatic rings. The molecule has 202 valence electrons. The first-order valence-electron chi connectivity index (χ1n) is 12.8. The first kappa shape index (κ1) is 27.8. The molecule has 4 N–H and O–H groups in total. The number of hydrogen-bond acceptors (Lipinski definition) is 7. The van der Waals surface area contributed by atoms with Gasteiger partial charge in [-0.2, -0.15) is 0 Å². The number of nitrogens with one attached hydrogen (secondary N) is 1. The van der Waals surface area contributed by atoms with Crippen LogP contribution in [0.4, 0.5) is 5.69 Å². The molecule has 1 aliphatic heterocycles. The highest BCUT2D eigenvalue weighted by molar-refractivity contribution is 5.88. The molecule has 8 nitrogen and oxygen atoms in total. The molecule has 1 fully saturated rings. The number of benzene rings is 3. The Kier molecular flexibility index (Phi) is 9.14. The van der Waals surface area contributed by atoms with Crippen LogP contribution in [0, 0.1) is 5.92 Å². The van der Waals surface area contributed by atoms with Crippen LogP contribution in [0.25, 0.3) is 0 Å². The zero-order valence-corrected chi connectivity index (χ0v) is 21.9. The standard InChI is InChI=1S/C30H36N2O6/c1-19-28(17-32(3)16-27(36)23-6-5-9-26(35)15-23)37-30(24-7-4-8-25(14-24)31-20(2)34)38-29(19)22-12-10-21(18-33)11-13-22/h4-15,19,27-30,33,35-36H,16-18H2,1-3H3,(H,31,34)/t19-,27-,28+,29+,30+/m1/s1. The lowest BCUT2D eigenvalue weighted by Gasteiger charge is -2.42. The summed E-state index contributed by atoms with van der Waals surface area (Å²) in [4.78, 5) is 13.6. The topological polar surface area (TPSA) is 111 Å². The van der Waals surface area contributed by atoms with E-state index in [1.165, 1.54) is 6.92 Å². The van der Waals surface area contributed by atoms with Gasteiger partial charge in [0.1, 0.15) is 5.75 Å². The Balaban J connectivity index is 1.56. The molecule has 0 spiro atoms. The molecule has 1 saturated heterocycles. The van der Waals surface area contributed by atoms with E-state index in [-0.39, 0.29) is 36.4 Å². The quantitative estimate of drug-likeness (QED) is 0.333. The van der Waals surface area contributed by atoms with E-state index >= 15 is 0 Å². The molecule has 1 amide bonds. The first-order chi connectivity index (χ1) is 18.2. The average molecular weight is 521 g/mol. The summed E-state index contributed by atoms with van der Waals surface area (Å²) >= 11 is 0. The molecule has 4 rings (SSSR count). The van der Waals surface area contributed by atoms with E-state index in [1.807, 2.05) is 60.5 Å². The molecule has 0 radical (unpaired) electrons. The number of likely N-dealkylation sites (N-methyl/N-ethyl adjacent to an activating group) is 1. The van der Waals surface area contributed by atoms with Gasteiger partial charge >= 0.3 is 0 Å². The van der Waals surface area contributed by atoms with Gasteiger partial charge in [0.25, 0.3) is 0 Å². The molecule has 0 bridgehead atoms. The largest absolute Gasteiger partial charge is 0.508 e. The molecule has 8 heteroatoms. The van der Waals surface area contributed by atoms with Crippen LogP contribution >= 0.6 is 0 Å². The zero-order chi connectivity index (χ0) is 27.2. The van der Waals surface area contributed by atoms with Gasteiger partial charge in [0.2, 0.25) is 5.91 Å². The molecule has 1 heterocycles. The monoisotopic (exact) mass is 520 g/mol. The van der Waals surface area contributed by atoms with Crippen molar-refractivity contribution in [2.24, 2.45) is 5.92 Å². The van der Waals surface area contributed by atoms with Crippen molar-refractivity contribution in [1.82, 2.24) is 4.90 Å². The summed E-state index contributed by atoms with van der Waals surface area (Å²) in [6.45, 7) is 4.41. The van der Waals surface area contributed by atoms with Crippen molar-refractivity contribution in [2.45, 2.75) is 45.1 Å². The number of ether oxygens (including phenoxy) is 2. The van der Waals surface area contributed by atoms with E-state index in [4.69, 9.17) is 9.47 Å². The predicted octanol–water partition coefficient (Wildman–Crippen LogP) is 4.30. The number of nitrogens with zero attached hydrogens (tertiary/aromatic N) is 1. The lowest BCUT2D eigenvalue weighted by Crippen LogP contribution is -2.44. The minimum atomic E-state index is -0.769. The summed E-state index contributed by atoms with van der Waals surface area (Å²) in [5.41, 5.74) is 3.89. The van der Waals surface area contributed by atoms with Crippen molar-refractivity contribution in [3.63, 3.8) is 0 Å². The predicted molar refractivity (Wildman–Crippen MR) is 144 cm³/mol. The van der Waals surface area contributed by atoms with Crippen molar-refractivity contribution in [3.05, 3.63) is 95.1 Å². The Bertz CT molecular complexity index is 1220. The van der Waals surface area contributed by atoms with E-state index < -0.39 is 12.4 Å². The Labute approximate surface area is 223 Å². The van der Waals surface area contributed by atoms with Gasteiger partial charge in [-0.1, -0.05) is 55.5 Å². The maximum atomic E-state index is 11.6. The van der Waals surface area contributed by atoms with Gasteiger partial charge in [-0.15, -0.1) is 0 Å². The Morgan fingerprint density at radius 1 is 1.03 bits per heavy atom. The number of aliphatic hydroxyl groups excluding tert-OH is 2. The molecule has 5 atom stereocenters. The normalized spacial score (nSPS) is 22.3. The molecular weight excluding hydrogens is 484 g/mol. The molecule has 1 aliphatic rings. The third-order valence-corrected chi connectivity index (χ3v) is 6.83. The zero-order valence-electron chi connectivity index (χ0n) is 21.9. The number of carbonyl (C=O) groups excluding carboxylic acids is 1. The number of hydrogen-bond donors (Lipinski definition) is 4. The minimum absolute atomic E-state index is 0.0230. The molecular formula is C30H36N2O6. The van der Waals surface area contributed by atoms with E-state index in [0.717, 1.165) is 16.7 Å². The second-order valence-corrected chi connectivity index (χ2v) is 9.96. The lowest BCUT2D eigenvalue weighted by atomic mass is 9.90. The van der Waals surface area contributed by atoms with E-state index in [1.54, 1.807) is 24.3 Å². The number of aliphatic hydroxyl groups is 2. The Morgan fingerprint density at radius 2 is 1.76 bits per heavy atom. The van der Waals surface area contributed by atoms with Crippen LogP contribution in [0.2, 0.25) is 0 Å². The highest BCUT2D eigenvalue weighted by Crippen LogP contribution is 2.42. The van der Waals surface area contributed by atoms with Crippen molar-refractivity contribution in [3.8, 4) is 5.75 Å². The molecule has 0 unspecified atom stereocenters. The van der Waals surface area contributed by atoms with E-state index in [9.17, 15) is 20.1 Å². The Morgan fingerprint density at radius 3 is 2.45 bits per heavy atom. The maximum Gasteiger partial charge on any atom is 0.221 e. The summed E-state index contributed by atoms with van der Waals surface area (Å²) in [5.74, 6) is -0.0667. The molecule has 0 aliphatic carbocycles. The third kappa shape index (κ3) is 6.98. The molecule has 3 aromatic carbocycles. The number of phenols is 1. The minimum Gasteiger partial charge on any atom is -0.508 e. The summed E-state index contributed by atoms with van der Waals surface area (Å²) < 4.78 is 13.0. The highest BCUT2D eigenvalue weighted by atomic mass is 16.7. The lowest BCUT2D eigenvalue weighted by molar-refractivity contribution is -0.276. The van der Waals surface area contributed by atoms with Crippen LogP contribution in [-0.4, -0.2) is 52.4 Å². The van der Waals surface area contributed by atoms with Crippen molar-refractivity contribution >= 4 is 11.6 Å². The summed E-state index contributed by atoms with van der Waals surface area (Å²) in [6.07, 6.45) is -1.95. The average Bonchev–Trinajstić information content (AvgIpc) is 2.89. The second kappa shape index (κ2) is 12.5. The highest BCUT2D eigenvalue weighted by Gasteiger charge is 2.39. The van der Waals surface area contributed by atoms with Gasteiger partial charge in [0.05, 0.1) is 24.9 Å². The van der Waals surface area contributed by atoms with Gasteiger partial charge < -0.3 is 35.0 Å². The fraction of sp³-hybridized carbons (Fsp3) is 0.367. The number of amides is 1. The maximum absolute atomic E-state index is 11.6. The number of rotatable bonds is 9. The van der Waals surface area contributed by atoms with Crippen LogP contribution in [0.3, 0.4) is 0 Å². The molecule has 38 heavy (non-hydrogen) atoms. The van der Waals surface area contributed by atoms with Gasteiger partial charge in [0.15, 0.2) is 6.29 Å². The second-order valence-electron chi connectivity index (χ2n) is 9.96. The SMILES string of the molecule is CC(=O)Nc1cccc([C@H]2O[C@@H](CN(C)C[C@@H](O)c3cccc(O)c3)[C@@H](C)[C@@H](c3ccc(CO)cc3)O2)c1. The van der Waals surface area contributed by atoms with Crippen LogP contribution in [0.1, 0.15) is 54.6 Å². The fourth-order valence-electron chi connectivity index (χ4n) is 4.81. The van der Waals surface area contributed by atoms with Crippen molar-refractivity contribution in [1.29, 1.82) is 0 Å². The molecule has 0 saturated carbocycles. The van der Waals surface area contributed by atoms with E-state index in [0.29, 0.717) is 24.3 Å². The smallest absolute Gasteiger partial charge is 0.221 e. The Hall–Kier alpha value is -3.27. The summed E-state index contributed by atoms with van der Waals surface area (Å²) in [6, 6.07) is 21.8. The fourth-order valence-corrected chi connectivity index (χ4v) is 4.81. The van der Waals surface area contributed by atoms with Gasteiger partial charge in [-0.3, -0.25) is 4.79 Å². The van der Waals surface area contributed by atoms with Crippen LogP contribution in [0.5, 0.6) is 5.75 Å². The van der Waals surface area contributed by atoms with Crippen LogP contribution in [0.15, 0.2) is 72.8 Å². The number of phenolic OH excluding ortho intramolecular Hbond substituents is 1. The van der Waals surface area contributed by atoms with Crippen LogP contribution < -0.4 is 5.32 Å². The molecule has 0 aromatic heterocycles. The van der Waals surface area contributed by atoms with E-state index in [2.05, 4.69) is 12.2 Å². The van der Waals surface area contributed by atoms with Crippen molar-refractivity contribution in [2.75, 3.05) is 25.5 Å². The summed E-state index contributed by atoms with van der Waals surface area (Å²) in [7, 11) is 1.93. The number of anilines is 1.